The summed E-state index contributed by atoms with van der Waals surface area (Å²) in [4.78, 5) is 25.3. The Balaban J connectivity index is 2.11. The molecule has 1 aromatic rings. The molecule has 0 bridgehead atoms. The first-order valence-corrected chi connectivity index (χ1v) is 5.13. The molecule has 2 aliphatic rings. The van der Waals surface area contributed by atoms with E-state index in [-0.39, 0.29) is 11.8 Å². The maximum Gasteiger partial charge on any atom is 0.266 e. The first kappa shape index (κ1) is 9.09. The molecule has 1 aromatic carbocycles. The molecular formula is C13H9NO2. The van der Waals surface area contributed by atoms with Gasteiger partial charge in [0, 0.05) is 5.70 Å². The van der Waals surface area contributed by atoms with Crippen molar-refractivity contribution >= 4 is 11.8 Å². The lowest BCUT2D eigenvalue weighted by Gasteiger charge is -2.12. The number of fused-ring (bicyclic) bond motifs is 1. The molecule has 78 valence electrons. The van der Waals surface area contributed by atoms with Crippen LogP contribution in [0.2, 0.25) is 0 Å². The summed E-state index contributed by atoms with van der Waals surface area (Å²) in [5, 5.41) is 0. The summed E-state index contributed by atoms with van der Waals surface area (Å²) in [6, 6.07) is 6.92. The lowest BCUT2D eigenvalue weighted by molar-refractivity contribution is 0.0710. The number of rotatable bonds is 1. The van der Waals surface area contributed by atoms with Gasteiger partial charge >= 0.3 is 0 Å². The number of amides is 2. The summed E-state index contributed by atoms with van der Waals surface area (Å²) in [5.74, 6) is -0.447. The monoisotopic (exact) mass is 211 g/mol. The predicted octanol–water partition coefficient (Wildman–Crippen LogP) is 2.13. The Labute approximate surface area is 92.7 Å². The van der Waals surface area contributed by atoms with Crippen molar-refractivity contribution < 1.29 is 9.59 Å². The molecule has 3 rings (SSSR count). The van der Waals surface area contributed by atoms with Crippen LogP contribution in [0.4, 0.5) is 0 Å². The van der Waals surface area contributed by atoms with Gasteiger partial charge in [-0.05, 0) is 24.6 Å². The van der Waals surface area contributed by atoms with Crippen LogP contribution >= 0.6 is 0 Å². The van der Waals surface area contributed by atoms with E-state index < -0.39 is 0 Å². The largest absolute Gasteiger partial charge is 0.268 e. The first-order chi connectivity index (χ1) is 7.79. The highest BCUT2D eigenvalue weighted by atomic mass is 16.2. The van der Waals surface area contributed by atoms with Crippen molar-refractivity contribution in [3.63, 3.8) is 0 Å². The Morgan fingerprint density at radius 2 is 1.62 bits per heavy atom. The molecule has 3 nitrogen and oxygen atoms in total. The molecule has 0 atom stereocenters. The van der Waals surface area contributed by atoms with Crippen LogP contribution < -0.4 is 0 Å². The van der Waals surface area contributed by atoms with E-state index in [1.54, 1.807) is 24.3 Å². The molecule has 3 heteroatoms. The standard InChI is InChI=1S/C13H9NO2/c15-12-10-7-3-4-8-11(10)13(16)14(12)9-5-1-2-6-9/h1,3-8H,2H2. The number of imide groups is 1. The van der Waals surface area contributed by atoms with Crippen molar-refractivity contribution in [3.8, 4) is 0 Å². The van der Waals surface area contributed by atoms with Crippen LogP contribution in [0, 0.1) is 0 Å². The topological polar surface area (TPSA) is 37.4 Å². The Hall–Kier alpha value is -2.16. The van der Waals surface area contributed by atoms with Gasteiger partial charge in [0.15, 0.2) is 0 Å². The molecule has 0 saturated carbocycles. The first-order valence-electron chi connectivity index (χ1n) is 5.13. The Morgan fingerprint density at radius 1 is 1.00 bits per heavy atom. The van der Waals surface area contributed by atoms with Crippen molar-refractivity contribution in [2.75, 3.05) is 0 Å². The van der Waals surface area contributed by atoms with Crippen LogP contribution in [0.3, 0.4) is 0 Å². The predicted molar refractivity (Wildman–Crippen MR) is 58.8 cm³/mol. The summed E-state index contributed by atoms with van der Waals surface area (Å²) in [6.45, 7) is 0. The summed E-state index contributed by atoms with van der Waals surface area (Å²) in [7, 11) is 0. The quantitative estimate of drug-likeness (QED) is 0.667. The van der Waals surface area contributed by atoms with Gasteiger partial charge in [0.05, 0.1) is 11.1 Å². The summed E-state index contributed by atoms with van der Waals surface area (Å²) in [6.07, 6.45) is 6.39. The van der Waals surface area contributed by atoms with Crippen molar-refractivity contribution in [1.29, 1.82) is 0 Å². The van der Waals surface area contributed by atoms with Gasteiger partial charge in [0.25, 0.3) is 11.8 Å². The highest BCUT2D eigenvalue weighted by molar-refractivity contribution is 6.22. The van der Waals surface area contributed by atoms with E-state index in [0.29, 0.717) is 16.8 Å². The third kappa shape index (κ3) is 1.08. The number of hydrogen-bond acceptors (Lipinski definition) is 2. The van der Waals surface area contributed by atoms with Crippen LogP contribution in [0.5, 0.6) is 0 Å². The zero-order valence-electron chi connectivity index (χ0n) is 8.51. The number of hydrogen-bond donors (Lipinski definition) is 0. The molecule has 0 aromatic heterocycles. The molecule has 0 radical (unpaired) electrons. The number of carbonyl (C=O) groups is 2. The molecule has 0 N–H and O–H groups in total. The maximum atomic E-state index is 12.0. The second-order valence-corrected chi connectivity index (χ2v) is 3.76. The van der Waals surface area contributed by atoms with Gasteiger partial charge < -0.3 is 0 Å². The van der Waals surface area contributed by atoms with E-state index in [0.717, 1.165) is 6.42 Å². The second kappa shape index (κ2) is 3.17. The second-order valence-electron chi connectivity index (χ2n) is 3.76. The number of benzene rings is 1. The highest BCUT2D eigenvalue weighted by Gasteiger charge is 2.36. The van der Waals surface area contributed by atoms with Crippen LogP contribution in [-0.2, 0) is 0 Å². The third-order valence-electron chi connectivity index (χ3n) is 2.80. The average molecular weight is 211 g/mol. The van der Waals surface area contributed by atoms with Gasteiger partial charge in [0.1, 0.15) is 0 Å². The molecule has 16 heavy (non-hydrogen) atoms. The minimum absolute atomic E-state index is 0.224. The minimum Gasteiger partial charge on any atom is -0.268 e. The fourth-order valence-corrected chi connectivity index (χ4v) is 2.04. The van der Waals surface area contributed by atoms with E-state index in [9.17, 15) is 9.59 Å². The van der Waals surface area contributed by atoms with Gasteiger partial charge in [0.2, 0.25) is 0 Å². The Morgan fingerprint density at radius 3 is 2.12 bits per heavy atom. The molecule has 0 unspecified atom stereocenters. The maximum absolute atomic E-state index is 12.0. The summed E-state index contributed by atoms with van der Waals surface area (Å²) < 4.78 is 0. The summed E-state index contributed by atoms with van der Waals surface area (Å²) in [5.41, 5.74) is 1.67. The van der Waals surface area contributed by atoms with E-state index in [1.165, 1.54) is 4.90 Å². The molecule has 0 saturated heterocycles. The summed E-state index contributed by atoms with van der Waals surface area (Å²) >= 11 is 0. The van der Waals surface area contributed by atoms with Crippen LogP contribution in [0.1, 0.15) is 27.1 Å². The van der Waals surface area contributed by atoms with Crippen molar-refractivity contribution in [1.82, 2.24) is 4.90 Å². The zero-order chi connectivity index (χ0) is 11.1. The molecule has 0 spiro atoms. The fraction of sp³-hybridized carbons (Fsp3) is 0.0769. The van der Waals surface area contributed by atoms with Crippen LogP contribution in [0.15, 0.2) is 48.2 Å². The number of nitrogens with zero attached hydrogens (tertiary/aromatic N) is 1. The molecular weight excluding hydrogens is 202 g/mol. The Kier molecular flexibility index (Phi) is 1.80. The molecule has 1 aliphatic heterocycles. The van der Waals surface area contributed by atoms with Crippen molar-refractivity contribution in [3.05, 3.63) is 59.3 Å². The van der Waals surface area contributed by atoms with Gasteiger partial charge in [-0.3, -0.25) is 9.59 Å². The van der Waals surface area contributed by atoms with Crippen LogP contribution in [-0.4, -0.2) is 16.7 Å². The molecule has 2 amide bonds. The molecule has 1 aliphatic carbocycles. The number of carbonyl (C=O) groups excluding carboxylic acids is 2. The normalized spacial score (nSPS) is 18.0. The van der Waals surface area contributed by atoms with Gasteiger partial charge in [-0.1, -0.05) is 24.3 Å². The highest BCUT2D eigenvalue weighted by Crippen LogP contribution is 2.28. The minimum atomic E-state index is -0.224. The van der Waals surface area contributed by atoms with E-state index in [4.69, 9.17) is 0 Å². The van der Waals surface area contributed by atoms with Crippen LogP contribution in [0.25, 0.3) is 0 Å². The van der Waals surface area contributed by atoms with Crippen molar-refractivity contribution in [2.24, 2.45) is 0 Å². The van der Waals surface area contributed by atoms with E-state index in [2.05, 4.69) is 0 Å². The van der Waals surface area contributed by atoms with E-state index >= 15 is 0 Å². The number of allylic oxidation sites excluding steroid dienone is 3. The lowest BCUT2D eigenvalue weighted by Crippen LogP contribution is -2.27. The average Bonchev–Trinajstić information content (AvgIpc) is 2.89. The van der Waals surface area contributed by atoms with Gasteiger partial charge in [-0.15, -0.1) is 0 Å². The molecule has 0 fully saturated rings. The fourth-order valence-electron chi connectivity index (χ4n) is 2.04. The SMILES string of the molecule is O=C1c2ccccc2C(=O)N1C1=CCC=C1. The van der Waals surface area contributed by atoms with Crippen molar-refractivity contribution in [2.45, 2.75) is 6.42 Å². The van der Waals surface area contributed by atoms with Gasteiger partial charge in [-0.25, -0.2) is 4.90 Å². The third-order valence-corrected chi connectivity index (χ3v) is 2.80. The lowest BCUT2D eigenvalue weighted by atomic mass is 10.1. The molecule has 1 heterocycles. The smallest absolute Gasteiger partial charge is 0.266 e. The Bertz CT molecular complexity index is 520. The van der Waals surface area contributed by atoms with Gasteiger partial charge in [-0.2, -0.15) is 0 Å². The zero-order valence-corrected chi connectivity index (χ0v) is 8.51. The van der Waals surface area contributed by atoms with E-state index in [1.807, 2.05) is 18.2 Å².